The van der Waals surface area contributed by atoms with Crippen molar-refractivity contribution in [3.63, 3.8) is 0 Å². The van der Waals surface area contributed by atoms with Gasteiger partial charge in [0.2, 0.25) is 0 Å². The average Bonchev–Trinajstić information content (AvgIpc) is 3.06. The SMILES string of the molecule is CCC(CNC1CC1)N1CCn2cnnc2C1. The molecule has 3 rings (SSSR count). The molecule has 1 aliphatic carbocycles. The van der Waals surface area contributed by atoms with Crippen LogP contribution in [-0.2, 0) is 13.1 Å². The van der Waals surface area contributed by atoms with Crippen molar-refractivity contribution in [2.45, 2.75) is 51.4 Å². The summed E-state index contributed by atoms with van der Waals surface area (Å²) >= 11 is 0. The summed E-state index contributed by atoms with van der Waals surface area (Å²) in [6, 6.07) is 1.44. The maximum Gasteiger partial charge on any atom is 0.147 e. The second-order valence-corrected chi connectivity index (χ2v) is 5.16. The van der Waals surface area contributed by atoms with E-state index in [0.29, 0.717) is 6.04 Å². The van der Waals surface area contributed by atoms with E-state index >= 15 is 0 Å². The second kappa shape index (κ2) is 4.74. The summed E-state index contributed by atoms with van der Waals surface area (Å²) in [6.45, 7) is 6.50. The molecule has 5 nitrogen and oxygen atoms in total. The van der Waals surface area contributed by atoms with Crippen molar-refractivity contribution in [2.24, 2.45) is 0 Å². The summed E-state index contributed by atoms with van der Waals surface area (Å²) in [5.41, 5.74) is 0. The highest BCUT2D eigenvalue weighted by Gasteiger charge is 2.26. The molecule has 0 saturated heterocycles. The molecule has 2 heterocycles. The van der Waals surface area contributed by atoms with Gasteiger partial charge in [0.05, 0.1) is 6.54 Å². The van der Waals surface area contributed by atoms with Crippen LogP contribution in [0.4, 0.5) is 0 Å². The molecular formula is C12H21N5. The second-order valence-electron chi connectivity index (χ2n) is 5.16. The van der Waals surface area contributed by atoms with E-state index in [1.807, 2.05) is 6.33 Å². The van der Waals surface area contributed by atoms with Crippen LogP contribution in [-0.4, -0.2) is 44.8 Å². The smallest absolute Gasteiger partial charge is 0.147 e. The Hall–Kier alpha value is -0.940. The van der Waals surface area contributed by atoms with E-state index in [1.165, 1.54) is 19.3 Å². The van der Waals surface area contributed by atoms with Crippen molar-refractivity contribution < 1.29 is 0 Å². The third-order valence-electron chi connectivity index (χ3n) is 3.88. The minimum Gasteiger partial charge on any atom is -0.315 e. The van der Waals surface area contributed by atoms with Crippen molar-refractivity contribution in [2.75, 3.05) is 13.1 Å². The molecule has 94 valence electrons. The lowest BCUT2D eigenvalue weighted by Crippen LogP contribution is -2.46. The fourth-order valence-electron chi connectivity index (χ4n) is 2.52. The Morgan fingerprint density at radius 1 is 1.47 bits per heavy atom. The van der Waals surface area contributed by atoms with Crippen LogP contribution in [0.15, 0.2) is 6.33 Å². The zero-order valence-corrected chi connectivity index (χ0v) is 10.5. The number of aromatic nitrogens is 3. The molecule has 1 saturated carbocycles. The average molecular weight is 235 g/mol. The lowest BCUT2D eigenvalue weighted by Gasteiger charge is -2.34. The minimum absolute atomic E-state index is 0.640. The summed E-state index contributed by atoms with van der Waals surface area (Å²) in [4.78, 5) is 2.54. The van der Waals surface area contributed by atoms with Crippen LogP contribution < -0.4 is 5.32 Å². The zero-order chi connectivity index (χ0) is 11.7. The minimum atomic E-state index is 0.640. The van der Waals surface area contributed by atoms with Crippen LogP contribution in [0.1, 0.15) is 32.0 Å². The Labute approximate surface area is 102 Å². The first-order valence-corrected chi connectivity index (χ1v) is 6.71. The Morgan fingerprint density at radius 2 is 2.35 bits per heavy atom. The molecular weight excluding hydrogens is 214 g/mol. The maximum absolute atomic E-state index is 4.18. The van der Waals surface area contributed by atoms with Crippen LogP contribution in [0.2, 0.25) is 0 Å². The lowest BCUT2D eigenvalue weighted by molar-refractivity contribution is 0.145. The van der Waals surface area contributed by atoms with Gasteiger partial charge in [-0.2, -0.15) is 0 Å². The molecule has 1 aromatic heterocycles. The van der Waals surface area contributed by atoms with E-state index < -0.39 is 0 Å². The van der Waals surface area contributed by atoms with Crippen molar-refractivity contribution in [3.8, 4) is 0 Å². The number of nitrogens with one attached hydrogen (secondary N) is 1. The highest BCUT2D eigenvalue weighted by molar-refractivity contribution is 4.92. The molecule has 2 aliphatic rings. The molecule has 0 amide bonds. The van der Waals surface area contributed by atoms with Crippen molar-refractivity contribution in [1.82, 2.24) is 25.0 Å². The van der Waals surface area contributed by atoms with Gasteiger partial charge in [0.25, 0.3) is 0 Å². The summed E-state index contributed by atoms with van der Waals surface area (Å²) in [7, 11) is 0. The van der Waals surface area contributed by atoms with Crippen molar-refractivity contribution in [1.29, 1.82) is 0 Å². The highest BCUT2D eigenvalue weighted by Crippen LogP contribution is 2.20. The molecule has 1 aliphatic heterocycles. The van der Waals surface area contributed by atoms with Gasteiger partial charge < -0.3 is 9.88 Å². The predicted octanol–water partition coefficient (Wildman–Crippen LogP) is 0.624. The molecule has 1 aromatic rings. The van der Waals surface area contributed by atoms with Gasteiger partial charge in [0.15, 0.2) is 0 Å². The molecule has 1 fully saturated rings. The monoisotopic (exact) mass is 235 g/mol. The molecule has 0 radical (unpaired) electrons. The summed E-state index contributed by atoms with van der Waals surface area (Å²) < 4.78 is 2.16. The number of nitrogens with zero attached hydrogens (tertiary/aromatic N) is 4. The fourth-order valence-corrected chi connectivity index (χ4v) is 2.52. The van der Waals surface area contributed by atoms with Crippen LogP contribution in [0.25, 0.3) is 0 Å². The standard InChI is InChI=1S/C12H21N5/c1-2-11(7-13-10-3-4-10)16-5-6-17-9-14-15-12(17)8-16/h9-11,13H,2-8H2,1H3. The number of hydrogen-bond acceptors (Lipinski definition) is 4. The van der Waals surface area contributed by atoms with Gasteiger partial charge in [-0.05, 0) is 19.3 Å². The van der Waals surface area contributed by atoms with E-state index in [1.54, 1.807) is 0 Å². The van der Waals surface area contributed by atoms with Gasteiger partial charge in [-0.1, -0.05) is 6.92 Å². The largest absolute Gasteiger partial charge is 0.315 e. The first-order valence-electron chi connectivity index (χ1n) is 6.71. The first kappa shape index (κ1) is 11.2. The van der Waals surface area contributed by atoms with Gasteiger partial charge in [-0.25, -0.2) is 0 Å². The van der Waals surface area contributed by atoms with Crippen LogP contribution in [0.5, 0.6) is 0 Å². The number of rotatable bonds is 5. The van der Waals surface area contributed by atoms with E-state index in [2.05, 4.69) is 31.9 Å². The van der Waals surface area contributed by atoms with Gasteiger partial charge in [-0.3, -0.25) is 4.90 Å². The normalized spacial score (nSPS) is 22.4. The third-order valence-corrected chi connectivity index (χ3v) is 3.88. The van der Waals surface area contributed by atoms with E-state index in [4.69, 9.17) is 0 Å². The number of hydrogen-bond donors (Lipinski definition) is 1. The van der Waals surface area contributed by atoms with Crippen molar-refractivity contribution in [3.05, 3.63) is 12.2 Å². The van der Waals surface area contributed by atoms with E-state index in [-0.39, 0.29) is 0 Å². The molecule has 1 N–H and O–H groups in total. The van der Waals surface area contributed by atoms with Crippen molar-refractivity contribution >= 4 is 0 Å². The van der Waals surface area contributed by atoms with Crippen LogP contribution in [0, 0.1) is 0 Å². The molecule has 1 atom stereocenters. The van der Waals surface area contributed by atoms with Gasteiger partial charge in [0.1, 0.15) is 12.2 Å². The van der Waals surface area contributed by atoms with Gasteiger partial charge >= 0.3 is 0 Å². The molecule has 0 spiro atoms. The fraction of sp³-hybridized carbons (Fsp3) is 0.833. The zero-order valence-electron chi connectivity index (χ0n) is 10.5. The molecule has 1 unspecified atom stereocenters. The first-order chi connectivity index (χ1) is 8.36. The summed E-state index contributed by atoms with van der Waals surface area (Å²) in [5, 5.41) is 11.8. The van der Waals surface area contributed by atoms with E-state index in [0.717, 1.165) is 38.0 Å². The Kier molecular flexibility index (Phi) is 3.11. The highest BCUT2D eigenvalue weighted by atomic mass is 15.3. The molecule has 0 aromatic carbocycles. The predicted molar refractivity (Wildman–Crippen MR) is 65.5 cm³/mol. The summed E-state index contributed by atoms with van der Waals surface area (Å²) in [6.07, 6.45) is 5.78. The molecule has 5 heteroatoms. The van der Waals surface area contributed by atoms with Gasteiger partial charge in [-0.15, -0.1) is 10.2 Å². The quantitative estimate of drug-likeness (QED) is 0.813. The van der Waals surface area contributed by atoms with Crippen LogP contribution >= 0.6 is 0 Å². The van der Waals surface area contributed by atoms with Gasteiger partial charge in [0, 0.05) is 31.7 Å². The number of fused-ring (bicyclic) bond motifs is 1. The topological polar surface area (TPSA) is 46.0 Å². The Bertz CT molecular complexity index is 371. The lowest BCUT2D eigenvalue weighted by atomic mass is 10.1. The Morgan fingerprint density at radius 3 is 3.12 bits per heavy atom. The third kappa shape index (κ3) is 2.50. The van der Waals surface area contributed by atoms with Crippen LogP contribution in [0.3, 0.4) is 0 Å². The molecule has 17 heavy (non-hydrogen) atoms. The Balaban J connectivity index is 1.58. The van der Waals surface area contributed by atoms with E-state index in [9.17, 15) is 0 Å². The summed E-state index contributed by atoms with van der Waals surface area (Å²) in [5.74, 6) is 1.11. The maximum atomic E-state index is 4.18. The molecule has 0 bridgehead atoms.